The molecule has 1 nitrogen and oxygen atoms in total. The molecule has 21 heavy (non-hydrogen) atoms. The average Bonchev–Trinajstić information content (AvgIpc) is 2.42. The van der Waals surface area contributed by atoms with Crippen LogP contribution in [0.5, 0.6) is 0 Å². The standard InChI is InChI=1S/C14H16Cl3F3O/c15-8-13(9-16,11-3-1-4-12(17)7-11)5-2-6-21-10-14(18,19)20/h1,3-4,7H,2,5-6,8-10H2. The Morgan fingerprint density at radius 1 is 1.10 bits per heavy atom. The van der Waals surface area contributed by atoms with E-state index in [0.717, 1.165) is 5.56 Å². The summed E-state index contributed by atoms with van der Waals surface area (Å²) >= 11 is 18.1. The van der Waals surface area contributed by atoms with Gasteiger partial charge in [0, 0.05) is 28.8 Å². The lowest BCUT2D eigenvalue weighted by Crippen LogP contribution is -2.31. The molecule has 0 aliphatic rings. The normalized spacial score (nSPS) is 12.7. The van der Waals surface area contributed by atoms with Crippen molar-refractivity contribution in [3.8, 4) is 0 Å². The minimum atomic E-state index is -4.30. The van der Waals surface area contributed by atoms with Crippen LogP contribution in [-0.4, -0.2) is 31.2 Å². The molecule has 1 aromatic carbocycles. The molecule has 0 N–H and O–H groups in total. The Hall–Kier alpha value is -0.160. The molecule has 0 radical (unpaired) electrons. The summed E-state index contributed by atoms with van der Waals surface area (Å²) in [4.78, 5) is 0. The minimum absolute atomic E-state index is 0.00953. The highest BCUT2D eigenvalue weighted by atomic mass is 35.5. The SMILES string of the molecule is FC(F)(F)COCCCC(CCl)(CCl)c1cccc(Cl)c1. The highest BCUT2D eigenvalue weighted by molar-refractivity contribution is 6.30. The van der Waals surface area contributed by atoms with Gasteiger partial charge in [0.05, 0.1) is 0 Å². The van der Waals surface area contributed by atoms with Crippen LogP contribution in [0.25, 0.3) is 0 Å². The molecule has 7 heteroatoms. The van der Waals surface area contributed by atoms with Gasteiger partial charge < -0.3 is 4.74 Å². The second kappa shape index (κ2) is 8.47. The molecule has 0 aliphatic heterocycles. The maximum Gasteiger partial charge on any atom is 0.411 e. The summed E-state index contributed by atoms with van der Waals surface area (Å²) in [6.07, 6.45) is -3.34. The summed E-state index contributed by atoms with van der Waals surface area (Å²) in [6, 6.07) is 7.19. The Balaban J connectivity index is 2.61. The third-order valence-corrected chi connectivity index (χ3v) is 4.42. The van der Waals surface area contributed by atoms with Crippen molar-refractivity contribution in [2.24, 2.45) is 0 Å². The highest BCUT2D eigenvalue weighted by Crippen LogP contribution is 2.34. The summed E-state index contributed by atoms with van der Waals surface area (Å²) in [5, 5.41) is 0.570. The van der Waals surface area contributed by atoms with E-state index in [1.807, 2.05) is 6.07 Å². The number of halogens is 6. The predicted octanol–water partition coefficient (Wildman–Crippen LogP) is 5.41. The summed E-state index contributed by atoms with van der Waals surface area (Å²) in [5.74, 6) is 0.520. The maximum atomic E-state index is 12.0. The van der Waals surface area contributed by atoms with Crippen LogP contribution >= 0.6 is 34.8 Å². The fourth-order valence-corrected chi connectivity index (χ4v) is 3.04. The van der Waals surface area contributed by atoms with Crippen LogP contribution in [0.15, 0.2) is 24.3 Å². The second-order valence-electron chi connectivity index (χ2n) is 4.83. The van der Waals surface area contributed by atoms with Crippen molar-refractivity contribution in [1.29, 1.82) is 0 Å². The summed E-state index contributed by atoms with van der Waals surface area (Å²) < 4.78 is 40.5. The highest BCUT2D eigenvalue weighted by Gasteiger charge is 2.31. The molecule has 0 amide bonds. The van der Waals surface area contributed by atoms with E-state index in [1.165, 1.54) is 0 Å². The predicted molar refractivity (Wildman–Crippen MR) is 80.7 cm³/mol. The number of hydrogen-bond acceptors (Lipinski definition) is 1. The second-order valence-corrected chi connectivity index (χ2v) is 5.80. The first-order valence-corrected chi connectivity index (χ1v) is 7.80. The van der Waals surface area contributed by atoms with Gasteiger partial charge in [-0.15, -0.1) is 23.2 Å². The van der Waals surface area contributed by atoms with E-state index >= 15 is 0 Å². The van der Waals surface area contributed by atoms with E-state index in [-0.39, 0.29) is 18.4 Å². The zero-order valence-electron chi connectivity index (χ0n) is 11.2. The number of alkyl halides is 5. The molecular formula is C14H16Cl3F3O. The molecule has 120 valence electrons. The first kappa shape index (κ1) is 18.9. The van der Waals surface area contributed by atoms with Gasteiger partial charge in [-0.3, -0.25) is 0 Å². The number of ether oxygens (including phenoxy) is 1. The van der Waals surface area contributed by atoms with E-state index in [4.69, 9.17) is 34.8 Å². The molecule has 0 aliphatic carbocycles. The van der Waals surface area contributed by atoms with E-state index in [1.54, 1.807) is 18.2 Å². The van der Waals surface area contributed by atoms with E-state index in [9.17, 15) is 13.2 Å². The molecule has 0 saturated heterocycles. The van der Waals surface area contributed by atoms with Gasteiger partial charge in [-0.2, -0.15) is 13.2 Å². The van der Waals surface area contributed by atoms with Crippen molar-refractivity contribution >= 4 is 34.8 Å². The van der Waals surface area contributed by atoms with Gasteiger partial charge in [-0.1, -0.05) is 23.7 Å². The van der Waals surface area contributed by atoms with Gasteiger partial charge in [-0.25, -0.2) is 0 Å². The van der Waals surface area contributed by atoms with Gasteiger partial charge in [0.2, 0.25) is 0 Å². The van der Waals surface area contributed by atoms with Crippen molar-refractivity contribution in [3.05, 3.63) is 34.9 Å². The van der Waals surface area contributed by atoms with Gasteiger partial charge in [-0.05, 0) is 30.5 Å². The zero-order chi connectivity index (χ0) is 15.9. The Kier molecular flexibility index (Phi) is 7.62. The van der Waals surface area contributed by atoms with Crippen LogP contribution in [0.4, 0.5) is 13.2 Å². The molecule has 1 rings (SSSR count). The van der Waals surface area contributed by atoms with Crippen LogP contribution in [0, 0.1) is 0 Å². The maximum absolute atomic E-state index is 12.0. The van der Waals surface area contributed by atoms with Crippen LogP contribution in [0.1, 0.15) is 18.4 Å². The number of hydrogen-bond donors (Lipinski definition) is 0. The van der Waals surface area contributed by atoms with Crippen LogP contribution in [0.3, 0.4) is 0 Å². The van der Waals surface area contributed by atoms with Gasteiger partial charge in [0.1, 0.15) is 6.61 Å². The van der Waals surface area contributed by atoms with Crippen LogP contribution < -0.4 is 0 Å². The third kappa shape index (κ3) is 6.23. The lowest BCUT2D eigenvalue weighted by molar-refractivity contribution is -0.174. The zero-order valence-corrected chi connectivity index (χ0v) is 13.5. The summed E-state index contributed by atoms with van der Waals surface area (Å²) in [7, 11) is 0. The number of benzene rings is 1. The van der Waals surface area contributed by atoms with Gasteiger partial charge in [0.25, 0.3) is 0 Å². The lowest BCUT2D eigenvalue weighted by atomic mass is 9.80. The first-order valence-electron chi connectivity index (χ1n) is 6.35. The topological polar surface area (TPSA) is 9.23 Å². The molecule has 1 aromatic rings. The average molecular weight is 364 g/mol. The molecule has 0 spiro atoms. The Bertz CT molecular complexity index is 434. The fourth-order valence-electron chi connectivity index (χ4n) is 1.99. The molecule has 0 saturated carbocycles. The van der Waals surface area contributed by atoms with Crippen molar-refractivity contribution in [2.75, 3.05) is 25.0 Å². The van der Waals surface area contributed by atoms with E-state index in [0.29, 0.717) is 17.9 Å². The quantitative estimate of drug-likeness (QED) is 0.443. The van der Waals surface area contributed by atoms with Crippen molar-refractivity contribution < 1.29 is 17.9 Å². The smallest absolute Gasteiger partial charge is 0.372 e. The Morgan fingerprint density at radius 2 is 1.76 bits per heavy atom. The lowest BCUT2D eigenvalue weighted by Gasteiger charge is -2.30. The number of rotatable bonds is 8. The largest absolute Gasteiger partial charge is 0.411 e. The van der Waals surface area contributed by atoms with Crippen molar-refractivity contribution in [2.45, 2.75) is 24.4 Å². The summed E-state index contributed by atoms with van der Waals surface area (Å²) in [5.41, 5.74) is 0.367. The summed E-state index contributed by atoms with van der Waals surface area (Å²) in [6.45, 7) is -1.23. The fraction of sp³-hybridized carbons (Fsp3) is 0.571. The molecular weight excluding hydrogens is 348 g/mol. The van der Waals surface area contributed by atoms with Gasteiger partial charge >= 0.3 is 6.18 Å². The minimum Gasteiger partial charge on any atom is -0.372 e. The van der Waals surface area contributed by atoms with Crippen molar-refractivity contribution in [3.63, 3.8) is 0 Å². The Morgan fingerprint density at radius 3 is 2.29 bits per heavy atom. The van der Waals surface area contributed by atoms with E-state index < -0.39 is 18.2 Å². The molecule has 0 aromatic heterocycles. The third-order valence-electron chi connectivity index (χ3n) is 3.16. The van der Waals surface area contributed by atoms with Crippen LogP contribution in [0.2, 0.25) is 5.02 Å². The van der Waals surface area contributed by atoms with Gasteiger partial charge in [0.15, 0.2) is 0 Å². The Labute approximate surface area is 137 Å². The monoisotopic (exact) mass is 362 g/mol. The first-order chi connectivity index (χ1) is 9.83. The van der Waals surface area contributed by atoms with Crippen LogP contribution in [-0.2, 0) is 10.2 Å². The van der Waals surface area contributed by atoms with Crippen molar-refractivity contribution in [1.82, 2.24) is 0 Å². The molecule has 0 heterocycles. The molecule has 0 fully saturated rings. The van der Waals surface area contributed by atoms with E-state index in [2.05, 4.69) is 4.74 Å². The molecule has 0 atom stereocenters. The molecule has 0 unspecified atom stereocenters. The molecule has 0 bridgehead atoms.